The molecule has 1 saturated carbocycles. The summed E-state index contributed by atoms with van der Waals surface area (Å²) >= 11 is -2.64. The van der Waals surface area contributed by atoms with Gasteiger partial charge in [-0.25, -0.2) is 22.9 Å². The van der Waals surface area contributed by atoms with Crippen molar-refractivity contribution in [1.82, 2.24) is 19.3 Å². The van der Waals surface area contributed by atoms with Gasteiger partial charge in [-0.1, -0.05) is 39.0 Å². The average molecular weight is 760 g/mol. The van der Waals surface area contributed by atoms with Gasteiger partial charge < -0.3 is 14.6 Å². The minimum atomic E-state index is -2.64. The van der Waals surface area contributed by atoms with Gasteiger partial charge in [-0.15, -0.1) is 0 Å². The second-order valence-corrected chi connectivity index (χ2v) is 16.6. The van der Waals surface area contributed by atoms with E-state index >= 15 is 0 Å². The number of benzene rings is 2. The smallest absolute Gasteiger partial charge is 0.417 e. The zero-order chi connectivity index (χ0) is 39.4. The third-order valence-corrected chi connectivity index (χ3v) is 10.1. The zero-order valence-corrected chi connectivity index (χ0v) is 32.8. The molecule has 3 aromatic heterocycles. The van der Waals surface area contributed by atoms with E-state index in [1.165, 1.54) is 23.8 Å². The third kappa shape index (κ3) is 7.49. The lowest BCUT2D eigenvalue weighted by Crippen LogP contribution is -2.36. The average Bonchev–Trinajstić information content (AvgIpc) is 3.80. The van der Waals surface area contributed by atoms with Gasteiger partial charge in [0.15, 0.2) is 5.65 Å². The number of anilines is 1. The first-order valence-electron chi connectivity index (χ1n) is 17.7. The fourth-order valence-electron chi connectivity index (χ4n) is 7.24. The van der Waals surface area contributed by atoms with Crippen molar-refractivity contribution < 1.29 is 37.3 Å². The molecule has 14 heteroatoms. The van der Waals surface area contributed by atoms with E-state index in [4.69, 9.17) is 19.6 Å². The number of hydrogen-bond acceptors (Lipinski definition) is 7. The van der Waals surface area contributed by atoms with Gasteiger partial charge in [0.25, 0.3) is 11.3 Å². The van der Waals surface area contributed by atoms with Gasteiger partial charge in [0.1, 0.15) is 23.7 Å². The molecule has 0 bridgehead atoms. The van der Waals surface area contributed by atoms with Gasteiger partial charge in [0.2, 0.25) is 0 Å². The van der Waals surface area contributed by atoms with Gasteiger partial charge in [0.05, 0.1) is 25.0 Å². The van der Waals surface area contributed by atoms with Crippen molar-refractivity contribution in [2.24, 2.45) is 0 Å². The molecule has 2 aromatic carbocycles. The van der Waals surface area contributed by atoms with Crippen molar-refractivity contribution in [3.63, 3.8) is 0 Å². The van der Waals surface area contributed by atoms with Crippen LogP contribution in [0.25, 0.3) is 33.3 Å². The molecule has 0 aliphatic heterocycles. The van der Waals surface area contributed by atoms with Crippen LogP contribution in [-0.4, -0.2) is 64.5 Å². The highest BCUT2D eigenvalue weighted by Crippen LogP contribution is 2.52. The number of carboxylic acid groups (broad SMARTS) is 1. The molecule has 286 valence electrons. The molecular weight excluding hydrogens is 714 g/mol. The van der Waals surface area contributed by atoms with Gasteiger partial charge in [-0.2, -0.15) is 5.10 Å². The summed E-state index contributed by atoms with van der Waals surface area (Å²) in [5.41, 5.74) is 5.53. The highest BCUT2D eigenvalue weighted by Gasteiger charge is 2.39. The quantitative estimate of drug-likeness (QED) is 0.106. The molecule has 5 aromatic rings. The van der Waals surface area contributed by atoms with E-state index in [1.54, 1.807) is 51.2 Å². The third-order valence-electron chi connectivity index (χ3n) is 9.42. The Morgan fingerprint density at radius 1 is 1.06 bits per heavy atom. The second-order valence-electron chi connectivity index (χ2n) is 15.7. The Morgan fingerprint density at radius 2 is 1.76 bits per heavy atom. The molecule has 12 nitrogen and oxygen atoms in total. The lowest BCUT2D eigenvalue weighted by Gasteiger charge is -2.27. The monoisotopic (exact) mass is 759 g/mol. The molecule has 0 radical (unpaired) electrons. The number of nitrogens with zero attached hydrogens (tertiary/aromatic N) is 5. The zero-order valence-electron chi connectivity index (χ0n) is 32.0. The van der Waals surface area contributed by atoms with Gasteiger partial charge in [-0.05, 0) is 93.8 Å². The number of aryl methyl sites for hydroxylation is 1. The predicted octanol–water partition coefficient (Wildman–Crippen LogP) is 8.37. The normalized spacial score (nSPS) is 14.0. The number of methoxy groups -OCH3 is 1. The number of pyridine rings is 1. The van der Waals surface area contributed by atoms with E-state index in [0.29, 0.717) is 40.1 Å². The number of carbonyl (C=O) groups is 2. The molecule has 54 heavy (non-hydrogen) atoms. The molecule has 6 rings (SSSR count). The van der Waals surface area contributed by atoms with Crippen LogP contribution in [-0.2, 0) is 32.8 Å². The second kappa shape index (κ2) is 14.3. The number of hydrogen-bond donors (Lipinski definition) is 2. The molecule has 0 spiro atoms. The Balaban J connectivity index is 1.63. The van der Waals surface area contributed by atoms with Crippen LogP contribution in [0.3, 0.4) is 0 Å². The summed E-state index contributed by atoms with van der Waals surface area (Å²) in [5, 5.41) is 16.3. The first-order chi connectivity index (χ1) is 25.3. The summed E-state index contributed by atoms with van der Waals surface area (Å²) in [7, 11) is 1.43. The molecule has 3 heterocycles. The van der Waals surface area contributed by atoms with Crippen molar-refractivity contribution in [1.29, 1.82) is 0 Å². The lowest BCUT2D eigenvalue weighted by molar-refractivity contribution is -0.152. The minimum absolute atomic E-state index is 0.0135. The predicted molar refractivity (Wildman–Crippen MR) is 206 cm³/mol. The Labute approximate surface area is 316 Å². The molecule has 1 aliphatic carbocycles. The van der Waals surface area contributed by atoms with Crippen LogP contribution < -0.4 is 9.04 Å². The summed E-state index contributed by atoms with van der Waals surface area (Å²) in [6.07, 6.45) is 2.12. The van der Waals surface area contributed by atoms with Crippen molar-refractivity contribution in [2.45, 2.75) is 91.7 Å². The first-order valence-corrected chi connectivity index (χ1v) is 18.8. The van der Waals surface area contributed by atoms with E-state index in [1.807, 2.05) is 45.4 Å². The summed E-state index contributed by atoms with van der Waals surface area (Å²) in [5.74, 6) is -0.808. The van der Waals surface area contributed by atoms with Crippen molar-refractivity contribution in [3.8, 4) is 28.0 Å². The SMILES string of the molecule is COc1ccc(-c2cnc3c(c(-c4c(C)nn(Cc5cccc(F)c5)c4C)c(C4CC4)n3C(=O)O)c2C(C)(C)C)cc1N(CC(=O)OC(C)(C)C)S(=O)O. The topological polar surface area (TPSA) is 149 Å². The van der Waals surface area contributed by atoms with Gasteiger partial charge >= 0.3 is 12.1 Å². The molecule has 1 unspecified atom stereocenters. The van der Waals surface area contributed by atoms with Gasteiger partial charge in [-0.3, -0.25) is 18.3 Å². The number of aromatic nitrogens is 4. The van der Waals surface area contributed by atoms with E-state index in [9.17, 15) is 27.8 Å². The van der Waals surface area contributed by atoms with E-state index in [2.05, 4.69) is 0 Å². The van der Waals surface area contributed by atoms with Crippen LogP contribution in [0.4, 0.5) is 14.9 Å². The van der Waals surface area contributed by atoms with Crippen molar-refractivity contribution in [2.75, 3.05) is 18.0 Å². The maximum absolute atomic E-state index is 14.2. The first kappa shape index (κ1) is 38.6. The molecule has 0 amide bonds. The van der Waals surface area contributed by atoms with Crippen LogP contribution in [0.5, 0.6) is 5.75 Å². The fraction of sp³-hybridized carbons (Fsp3) is 0.400. The Hall–Kier alpha value is -5.08. The van der Waals surface area contributed by atoms with Crippen LogP contribution in [0.15, 0.2) is 48.7 Å². The maximum Gasteiger partial charge on any atom is 0.417 e. The molecule has 2 N–H and O–H groups in total. The largest absolute Gasteiger partial charge is 0.495 e. The van der Waals surface area contributed by atoms with E-state index < -0.39 is 40.9 Å². The number of esters is 1. The summed E-state index contributed by atoms with van der Waals surface area (Å²) in [6, 6.07) is 11.5. The summed E-state index contributed by atoms with van der Waals surface area (Å²) < 4.78 is 52.5. The Kier molecular flexibility index (Phi) is 10.2. The Bertz CT molecular complexity index is 2310. The maximum atomic E-state index is 14.2. The molecule has 0 saturated heterocycles. The number of halogens is 1. The molecular formula is C40H46FN5O7S. The Morgan fingerprint density at radius 3 is 2.33 bits per heavy atom. The van der Waals surface area contributed by atoms with E-state index in [-0.39, 0.29) is 23.2 Å². The van der Waals surface area contributed by atoms with E-state index in [0.717, 1.165) is 45.1 Å². The fourth-order valence-corrected chi connectivity index (χ4v) is 7.77. The molecule has 1 atom stereocenters. The highest BCUT2D eigenvalue weighted by atomic mass is 32.2. The number of carbonyl (C=O) groups excluding carboxylic acids is 1. The number of fused-ring (bicyclic) bond motifs is 1. The standard InChI is InChI=1S/C40H46FN5O7S/c1-22-32(23(2)44(43-22)20-24-11-10-12-27(41)17-24)33-34-35(39(3,4)5)28(19-42-37(34)46(38(48)49)36(33)25-13-14-25)26-15-16-30(52-9)29(18-26)45(54(50)51)21-31(47)53-40(6,7)8/h10-12,15-19,25H,13-14,20-21H2,1-9H3,(H,48,49)(H,50,51). The summed E-state index contributed by atoms with van der Waals surface area (Å²) in [4.78, 5) is 30.9. The highest BCUT2D eigenvalue weighted by molar-refractivity contribution is 7.80. The minimum Gasteiger partial charge on any atom is -0.495 e. The van der Waals surface area contributed by atoms with Crippen LogP contribution in [0.2, 0.25) is 0 Å². The number of ether oxygens (including phenoxy) is 2. The molecule has 1 aliphatic rings. The van der Waals surface area contributed by atoms with Crippen LogP contribution >= 0.6 is 0 Å². The number of rotatable bonds is 10. The van der Waals surface area contributed by atoms with Crippen LogP contribution in [0, 0.1) is 19.7 Å². The van der Waals surface area contributed by atoms with Gasteiger partial charge in [0, 0.05) is 45.6 Å². The molecule has 1 fully saturated rings. The van der Waals surface area contributed by atoms with Crippen molar-refractivity contribution in [3.05, 3.63) is 82.7 Å². The van der Waals surface area contributed by atoms with Crippen molar-refractivity contribution >= 4 is 40.0 Å². The summed E-state index contributed by atoms with van der Waals surface area (Å²) in [6.45, 7) is 14.9. The lowest BCUT2D eigenvalue weighted by atomic mass is 9.79. The van der Waals surface area contributed by atoms with Crippen LogP contribution in [0.1, 0.15) is 88.5 Å².